The zero-order chi connectivity index (χ0) is 23.7. The number of thiazole rings is 1. The molecule has 0 saturated carbocycles. The molecule has 0 spiro atoms. The summed E-state index contributed by atoms with van der Waals surface area (Å²) in [4.78, 5) is 40.0. The number of nitrogens with one attached hydrogen (secondary N) is 1. The molecular formula is C26H31N5O2S. The first kappa shape index (κ1) is 22.9. The molecule has 2 saturated heterocycles. The number of carbonyl (C=O) groups is 2. The summed E-state index contributed by atoms with van der Waals surface area (Å²) in [6.45, 7) is 7.12. The number of hydrogen-bond acceptors (Lipinski definition) is 6. The molecule has 3 amide bonds. The maximum Gasteiger partial charge on any atom is 0.325 e. The minimum Gasteiger partial charge on any atom is -0.323 e. The Kier molecular flexibility index (Phi) is 6.36. The van der Waals surface area contributed by atoms with Crippen LogP contribution in [0.15, 0.2) is 42.0 Å². The lowest BCUT2D eigenvalue weighted by molar-refractivity contribution is -0.134. The van der Waals surface area contributed by atoms with Gasteiger partial charge >= 0.3 is 6.03 Å². The van der Waals surface area contributed by atoms with E-state index >= 15 is 0 Å². The van der Waals surface area contributed by atoms with Gasteiger partial charge in [0.05, 0.1) is 16.7 Å². The van der Waals surface area contributed by atoms with Gasteiger partial charge < -0.3 is 5.32 Å². The van der Waals surface area contributed by atoms with Crippen LogP contribution in [0, 0.1) is 12.8 Å². The summed E-state index contributed by atoms with van der Waals surface area (Å²) >= 11 is 1.58. The van der Waals surface area contributed by atoms with Crippen LogP contribution in [0.3, 0.4) is 0 Å². The first-order chi connectivity index (χ1) is 16.5. The van der Waals surface area contributed by atoms with Crippen molar-refractivity contribution < 1.29 is 9.59 Å². The molecule has 2 aliphatic rings. The molecule has 178 valence electrons. The van der Waals surface area contributed by atoms with E-state index in [2.05, 4.69) is 44.5 Å². The van der Waals surface area contributed by atoms with Crippen molar-refractivity contribution >= 4 is 34.2 Å². The quantitative estimate of drug-likeness (QED) is 0.517. The number of imide groups is 1. The third-order valence-electron chi connectivity index (χ3n) is 7.53. The molecule has 1 aromatic carbocycles. The Morgan fingerprint density at radius 2 is 2.00 bits per heavy atom. The molecule has 34 heavy (non-hydrogen) atoms. The Hall–Kier alpha value is -2.84. The van der Waals surface area contributed by atoms with Gasteiger partial charge in [0.1, 0.15) is 5.54 Å². The van der Waals surface area contributed by atoms with Crippen molar-refractivity contribution in [3.63, 3.8) is 0 Å². The predicted molar refractivity (Wildman–Crippen MR) is 134 cm³/mol. The Balaban J connectivity index is 1.22. The summed E-state index contributed by atoms with van der Waals surface area (Å²) in [5.41, 5.74) is 4.31. The highest BCUT2D eigenvalue weighted by Crippen LogP contribution is 2.36. The van der Waals surface area contributed by atoms with E-state index in [0.717, 1.165) is 53.9 Å². The number of likely N-dealkylation sites (tertiary alicyclic amines) is 1. The van der Waals surface area contributed by atoms with Crippen LogP contribution in [0.5, 0.6) is 0 Å². The average Bonchev–Trinajstić information content (AvgIpc) is 3.38. The number of nitrogens with zero attached hydrogens (tertiary/aromatic N) is 4. The van der Waals surface area contributed by atoms with Crippen molar-refractivity contribution in [3.8, 4) is 0 Å². The summed E-state index contributed by atoms with van der Waals surface area (Å²) in [6.07, 6.45) is 4.90. The largest absolute Gasteiger partial charge is 0.325 e. The predicted octanol–water partition coefficient (Wildman–Crippen LogP) is 4.16. The second-order valence-electron chi connectivity index (χ2n) is 9.40. The van der Waals surface area contributed by atoms with E-state index in [1.807, 2.05) is 31.6 Å². The number of urea groups is 1. The summed E-state index contributed by atoms with van der Waals surface area (Å²) in [7, 11) is 0. The number of pyridine rings is 1. The number of hydrogen-bond donors (Lipinski definition) is 1. The summed E-state index contributed by atoms with van der Waals surface area (Å²) < 4.78 is 0. The van der Waals surface area contributed by atoms with Crippen molar-refractivity contribution in [3.05, 3.63) is 58.2 Å². The van der Waals surface area contributed by atoms with E-state index in [-0.39, 0.29) is 17.9 Å². The number of aromatic nitrogens is 2. The van der Waals surface area contributed by atoms with Gasteiger partial charge in [0.15, 0.2) is 0 Å². The van der Waals surface area contributed by atoms with Gasteiger partial charge in [-0.15, -0.1) is 11.3 Å². The minimum atomic E-state index is -0.777. The molecule has 0 aliphatic carbocycles. The first-order valence-electron chi connectivity index (χ1n) is 12.1. The molecule has 3 aromatic rings. The van der Waals surface area contributed by atoms with E-state index in [9.17, 15) is 9.59 Å². The van der Waals surface area contributed by atoms with Crippen LogP contribution in [-0.4, -0.2) is 56.9 Å². The van der Waals surface area contributed by atoms with E-state index in [4.69, 9.17) is 0 Å². The van der Waals surface area contributed by atoms with Crippen LogP contribution in [0.25, 0.3) is 10.9 Å². The zero-order valence-electron chi connectivity index (χ0n) is 19.8. The molecule has 8 heteroatoms. The normalized spacial score (nSPS) is 22.0. The smallest absolute Gasteiger partial charge is 0.323 e. The van der Waals surface area contributed by atoms with Crippen LogP contribution >= 0.6 is 11.3 Å². The highest BCUT2D eigenvalue weighted by molar-refractivity contribution is 7.09. The molecule has 7 nitrogen and oxygen atoms in total. The van der Waals surface area contributed by atoms with Gasteiger partial charge in [0.25, 0.3) is 5.91 Å². The first-order valence-corrected chi connectivity index (χ1v) is 13.0. The fourth-order valence-electron chi connectivity index (χ4n) is 5.50. The lowest BCUT2D eigenvalue weighted by Crippen LogP contribution is -2.55. The van der Waals surface area contributed by atoms with Gasteiger partial charge in [-0.05, 0) is 69.0 Å². The van der Waals surface area contributed by atoms with Crippen molar-refractivity contribution in [2.45, 2.75) is 51.6 Å². The van der Waals surface area contributed by atoms with Gasteiger partial charge in [-0.2, -0.15) is 0 Å². The highest BCUT2D eigenvalue weighted by Gasteiger charge is 2.54. The van der Waals surface area contributed by atoms with Crippen molar-refractivity contribution in [2.24, 2.45) is 5.92 Å². The monoisotopic (exact) mass is 477 g/mol. The molecule has 1 N–H and O–H groups in total. The van der Waals surface area contributed by atoms with Crippen LogP contribution in [0.2, 0.25) is 0 Å². The average molecular weight is 478 g/mol. The summed E-state index contributed by atoms with van der Waals surface area (Å²) in [6, 6.07) is 10.3. The number of rotatable bonds is 7. The van der Waals surface area contributed by atoms with E-state index in [1.54, 1.807) is 11.3 Å². The molecule has 2 aliphatic heterocycles. The second-order valence-corrected chi connectivity index (χ2v) is 10.3. The summed E-state index contributed by atoms with van der Waals surface area (Å²) in [5, 5.41) is 4.28. The van der Waals surface area contributed by atoms with Gasteiger partial charge in [-0.1, -0.05) is 19.1 Å². The lowest BCUT2D eigenvalue weighted by atomic mass is 9.75. The second kappa shape index (κ2) is 9.43. The van der Waals surface area contributed by atoms with Gasteiger partial charge in [0, 0.05) is 36.0 Å². The number of carbonyl (C=O) groups excluding carboxylic acids is 2. The molecule has 1 atom stereocenters. The van der Waals surface area contributed by atoms with E-state index in [0.29, 0.717) is 19.4 Å². The Bertz CT molecular complexity index is 1200. The van der Waals surface area contributed by atoms with Crippen molar-refractivity contribution in [1.29, 1.82) is 0 Å². The van der Waals surface area contributed by atoms with Crippen LogP contribution < -0.4 is 5.32 Å². The van der Waals surface area contributed by atoms with Gasteiger partial charge in [-0.3, -0.25) is 19.6 Å². The van der Waals surface area contributed by atoms with Crippen LogP contribution in [0.4, 0.5) is 4.79 Å². The Morgan fingerprint density at radius 3 is 2.74 bits per heavy atom. The molecule has 0 unspecified atom stereocenters. The third-order valence-corrected chi connectivity index (χ3v) is 8.52. The SMILES string of the molecule is CC[C@@]1(C2CCN(Cc3ccc4ncccc4c3)CC2)NC(=O)N(CCc2scnc2C)C1=O. The molecule has 0 radical (unpaired) electrons. The number of benzene rings is 1. The number of amides is 3. The molecular weight excluding hydrogens is 446 g/mol. The van der Waals surface area contributed by atoms with Crippen LogP contribution in [0.1, 0.15) is 42.3 Å². The summed E-state index contributed by atoms with van der Waals surface area (Å²) in [5.74, 6) is 0.101. The third kappa shape index (κ3) is 4.20. The molecule has 2 aromatic heterocycles. The van der Waals surface area contributed by atoms with Crippen molar-refractivity contribution in [2.75, 3.05) is 19.6 Å². The van der Waals surface area contributed by atoms with E-state index in [1.165, 1.54) is 10.5 Å². The number of fused-ring (bicyclic) bond motifs is 1. The fraction of sp³-hybridized carbons (Fsp3) is 0.462. The fourth-order valence-corrected chi connectivity index (χ4v) is 6.27. The van der Waals surface area contributed by atoms with E-state index < -0.39 is 5.54 Å². The highest BCUT2D eigenvalue weighted by atomic mass is 32.1. The minimum absolute atomic E-state index is 0.0531. The van der Waals surface area contributed by atoms with Crippen molar-refractivity contribution in [1.82, 2.24) is 25.1 Å². The number of aryl methyl sites for hydroxylation is 1. The molecule has 4 heterocycles. The maximum atomic E-state index is 13.5. The van der Waals surface area contributed by atoms with Crippen LogP contribution in [-0.2, 0) is 17.8 Å². The molecule has 2 fully saturated rings. The molecule has 0 bridgehead atoms. The number of piperidine rings is 1. The Morgan fingerprint density at radius 1 is 1.18 bits per heavy atom. The van der Waals surface area contributed by atoms with Gasteiger partial charge in [0.2, 0.25) is 0 Å². The maximum absolute atomic E-state index is 13.5. The Labute approximate surface area is 204 Å². The van der Waals surface area contributed by atoms with Gasteiger partial charge in [-0.25, -0.2) is 9.78 Å². The zero-order valence-corrected chi connectivity index (χ0v) is 20.6. The molecule has 5 rings (SSSR count). The lowest BCUT2D eigenvalue weighted by Gasteiger charge is -2.40. The topological polar surface area (TPSA) is 78.4 Å². The standard InChI is InChI=1S/C26H31N5O2S/c1-3-26(24(32)31(25(33)29-26)14-10-23-18(2)28-17-34-23)21-8-12-30(13-9-21)16-19-6-7-22-20(15-19)5-4-11-27-22/h4-7,11,15,17,21H,3,8-10,12-14,16H2,1-2H3,(H,29,33)/t26-/m0/s1.